The molecule has 0 spiro atoms. The number of hydrogen-bond acceptors (Lipinski definition) is 8. The van der Waals surface area contributed by atoms with Crippen molar-refractivity contribution in [2.75, 3.05) is 14.2 Å². The molecule has 2 rings (SSSR count). The van der Waals surface area contributed by atoms with Crippen molar-refractivity contribution in [1.29, 1.82) is 0 Å². The second-order valence-corrected chi connectivity index (χ2v) is 6.71. The summed E-state index contributed by atoms with van der Waals surface area (Å²) in [6.07, 6.45) is 1.34. The highest BCUT2D eigenvalue weighted by Gasteiger charge is 2.26. The SMILES string of the molecule is COc1c(-c2csc(CC[C@H](C)C(C)=O)n2)nc(C(N)=O)c(O)c1OC. The number of Topliss-reactive ketones (excluding diaryl/α,β-unsaturated/α-hetero) is 1. The number of thiazole rings is 1. The molecule has 26 heavy (non-hydrogen) atoms. The Morgan fingerprint density at radius 3 is 2.46 bits per heavy atom. The highest BCUT2D eigenvalue weighted by Crippen LogP contribution is 2.44. The van der Waals surface area contributed by atoms with Gasteiger partial charge >= 0.3 is 0 Å². The van der Waals surface area contributed by atoms with Gasteiger partial charge in [0, 0.05) is 11.3 Å². The minimum Gasteiger partial charge on any atom is -0.503 e. The van der Waals surface area contributed by atoms with E-state index >= 15 is 0 Å². The van der Waals surface area contributed by atoms with Gasteiger partial charge in [0.05, 0.1) is 19.2 Å². The number of hydrogen-bond donors (Lipinski definition) is 2. The third kappa shape index (κ3) is 3.93. The molecule has 0 fully saturated rings. The zero-order chi connectivity index (χ0) is 19.4. The average Bonchev–Trinajstić information content (AvgIpc) is 3.07. The van der Waals surface area contributed by atoms with Crippen molar-refractivity contribution in [1.82, 2.24) is 9.97 Å². The summed E-state index contributed by atoms with van der Waals surface area (Å²) in [6, 6.07) is 0. The lowest BCUT2D eigenvalue weighted by atomic mass is 10.0. The molecule has 0 unspecified atom stereocenters. The Morgan fingerprint density at radius 2 is 1.92 bits per heavy atom. The maximum absolute atomic E-state index is 11.6. The number of aromatic hydroxyl groups is 1. The van der Waals surface area contributed by atoms with Crippen molar-refractivity contribution in [2.24, 2.45) is 11.7 Å². The van der Waals surface area contributed by atoms with Crippen molar-refractivity contribution in [3.8, 4) is 28.6 Å². The first-order valence-corrected chi connectivity index (χ1v) is 8.78. The third-order valence-corrected chi connectivity index (χ3v) is 4.91. The van der Waals surface area contributed by atoms with E-state index in [2.05, 4.69) is 9.97 Å². The topological polar surface area (TPSA) is 125 Å². The number of nitrogens with zero attached hydrogens (tertiary/aromatic N) is 2. The minimum atomic E-state index is -0.893. The molecule has 0 aliphatic carbocycles. The number of methoxy groups -OCH3 is 2. The van der Waals surface area contributed by atoms with Gasteiger partial charge in [0.1, 0.15) is 17.2 Å². The molecule has 9 heteroatoms. The summed E-state index contributed by atoms with van der Waals surface area (Å²) < 4.78 is 10.4. The highest BCUT2D eigenvalue weighted by molar-refractivity contribution is 7.09. The van der Waals surface area contributed by atoms with Gasteiger partial charge in [0.15, 0.2) is 17.2 Å². The molecule has 2 aromatic heterocycles. The maximum Gasteiger partial charge on any atom is 0.271 e. The standard InChI is InChI=1S/C17H21N3O5S/c1-8(9(2)21)5-6-11-19-10(7-26-11)12-15(24-3)16(25-4)14(22)13(20-12)17(18)23/h7-8,22H,5-6H2,1-4H3,(H2,18,23)/t8-/m0/s1. The van der Waals surface area contributed by atoms with Gasteiger partial charge in [-0.1, -0.05) is 6.92 Å². The van der Waals surface area contributed by atoms with Gasteiger partial charge in [-0.25, -0.2) is 9.97 Å². The Balaban J connectivity index is 2.43. The summed E-state index contributed by atoms with van der Waals surface area (Å²) in [4.78, 5) is 31.5. The number of nitrogens with two attached hydrogens (primary N) is 1. The van der Waals surface area contributed by atoms with Gasteiger partial charge in [0.25, 0.3) is 5.91 Å². The van der Waals surface area contributed by atoms with Crippen molar-refractivity contribution < 1.29 is 24.2 Å². The first-order valence-electron chi connectivity index (χ1n) is 7.90. The maximum atomic E-state index is 11.6. The summed E-state index contributed by atoms with van der Waals surface area (Å²) >= 11 is 1.41. The zero-order valence-corrected chi connectivity index (χ0v) is 15.8. The fraction of sp³-hybridized carbons (Fsp3) is 0.412. The van der Waals surface area contributed by atoms with E-state index in [0.29, 0.717) is 18.5 Å². The number of rotatable bonds is 8. The van der Waals surface area contributed by atoms with Crippen molar-refractivity contribution in [3.63, 3.8) is 0 Å². The number of ether oxygens (including phenoxy) is 2. The normalized spacial score (nSPS) is 11.8. The molecule has 140 valence electrons. The molecule has 0 aliphatic rings. The molecule has 2 heterocycles. The predicted molar refractivity (Wildman–Crippen MR) is 96.8 cm³/mol. The van der Waals surface area contributed by atoms with E-state index in [0.717, 1.165) is 5.01 Å². The van der Waals surface area contributed by atoms with Crippen LogP contribution in [0.25, 0.3) is 11.4 Å². The van der Waals surface area contributed by atoms with Gasteiger partial charge in [-0.3, -0.25) is 9.59 Å². The molecule has 0 aliphatic heterocycles. The Labute approximate surface area is 155 Å². The van der Waals surface area contributed by atoms with Gasteiger partial charge in [0.2, 0.25) is 5.75 Å². The molecule has 0 saturated heterocycles. The quantitative estimate of drug-likeness (QED) is 0.720. The number of pyridine rings is 1. The third-order valence-electron chi connectivity index (χ3n) is 4.01. The fourth-order valence-electron chi connectivity index (χ4n) is 2.34. The van der Waals surface area contributed by atoms with Crippen LogP contribution in [0, 0.1) is 5.92 Å². The molecule has 0 aromatic carbocycles. The van der Waals surface area contributed by atoms with Gasteiger partial charge in [-0.05, 0) is 19.8 Å². The van der Waals surface area contributed by atoms with Crippen LogP contribution < -0.4 is 15.2 Å². The molecule has 2 aromatic rings. The van der Waals surface area contributed by atoms with E-state index in [-0.39, 0.29) is 34.6 Å². The first kappa shape index (κ1) is 19.6. The van der Waals surface area contributed by atoms with Crippen LogP contribution in [0.3, 0.4) is 0 Å². The molecule has 8 nitrogen and oxygen atoms in total. The highest BCUT2D eigenvalue weighted by atomic mass is 32.1. The Kier molecular flexibility index (Phi) is 6.14. The molecular formula is C17H21N3O5S. The van der Waals surface area contributed by atoms with Crippen molar-refractivity contribution >= 4 is 23.0 Å². The minimum absolute atomic E-state index is 0.0361. The average molecular weight is 379 g/mol. The van der Waals surface area contributed by atoms with Gasteiger partial charge in [-0.2, -0.15) is 0 Å². The molecule has 1 amide bonds. The number of carbonyl (C=O) groups excluding carboxylic acids is 2. The van der Waals surface area contributed by atoms with E-state index in [4.69, 9.17) is 15.2 Å². The lowest BCUT2D eigenvalue weighted by Crippen LogP contribution is -2.15. The van der Waals surface area contributed by atoms with Crippen LogP contribution >= 0.6 is 11.3 Å². The van der Waals surface area contributed by atoms with E-state index in [1.165, 1.54) is 25.6 Å². The van der Waals surface area contributed by atoms with E-state index in [1.54, 1.807) is 12.3 Å². The van der Waals surface area contributed by atoms with E-state index in [9.17, 15) is 14.7 Å². The van der Waals surface area contributed by atoms with Crippen LogP contribution in [0.15, 0.2) is 5.38 Å². The Morgan fingerprint density at radius 1 is 1.27 bits per heavy atom. The van der Waals surface area contributed by atoms with Gasteiger partial charge < -0.3 is 20.3 Å². The van der Waals surface area contributed by atoms with Crippen molar-refractivity contribution in [2.45, 2.75) is 26.7 Å². The van der Waals surface area contributed by atoms with Crippen LogP contribution in [-0.2, 0) is 11.2 Å². The molecule has 0 bridgehead atoms. The summed E-state index contributed by atoms with van der Waals surface area (Å²) in [5.41, 5.74) is 5.68. The summed E-state index contributed by atoms with van der Waals surface area (Å²) in [7, 11) is 2.73. The first-order chi connectivity index (χ1) is 12.3. The van der Waals surface area contributed by atoms with Crippen LogP contribution in [0.1, 0.15) is 35.8 Å². The second kappa shape index (κ2) is 8.13. The van der Waals surface area contributed by atoms with Crippen LogP contribution in [0.2, 0.25) is 0 Å². The Hall–Kier alpha value is -2.68. The summed E-state index contributed by atoms with van der Waals surface area (Å²) in [6.45, 7) is 3.45. The fourth-order valence-corrected chi connectivity index (χ4v) is 3.14. The largest absolute Gasteiger partial charge is 0.503 e. The number of carbonyl (C=O) groups is 2. The number of aromatic nitrogens is 2. The van der Waals surface area contributed by atoms with Crippen LogP contribution in [0.4, 0.5) is 0 Å². The summed E-state index contributed by atoms with van der Waals surface area (Å²) in [5, 5.41) is 12.7. The molecule has 0 saturated carbocycles. The lowest BCUT2D eigenvalue weighted by molar-refractivity contribution is -0.120. The number of primary amides is 1. The van der Waals surface area contributed by atoms with E-state index in [1.807, 2.05) is 6.92 Å². The molecule has 1 atom stereocenters. The number of amides is 1. The van der Waals surface area contributed by atoms with Crippen molar-refractivity contribution in [3.05, 3.63) is 16.1 Å². The predicted octanol–water partition coefficient (Wildman–Crippen LogP) is 2.18. The Bertz CT molecular complexity index is 834. The summed E-state index contributed by atoms with van der Waals surface area (Å²) in [5.74, 6) is -1.15. The van der Waals surface area contributed by atoms with Crippen LogP contribution in [0.5, 0.6) is 17.2 Å². The monoisotopic (exact) mass is 379 g/mol. The van der Waals surface area contributed by atoms with Gasteiger partial charge in [-0.15, -0.1) is 11.3 Å². The molecule has 3 N–H and O–H groups in total. The number of ketones is 1. The molecule has 0 radical (unpaired) electrons. The second-order valence-electron chi connectivity index (χ2n) is 5.77. The molecular weight excluding hydrogens is 358 g/mol. The van der Waals surface area contributed by atoms with E-state index < -0.39 is 11.7 Å². The zero-order valence-electron chi connectivity index (χ0n) is 15.0. The smallest absolute Gasteiger partial charge is 0.271 e. The van der Waals surface area contributed by atoms with Crippen LogP contribution in [-0.4, -0.2) is 41.0 Å². The number of aryl methyl sites for hydroxylation is 1. The lowest BCUT2D eigenvalue weighted by Gasteiger charge is -2.14.